The third kappa shape index (κ3) is 3.72. The topological polar surface area (TPSA) is 46.6 Å². The van der Waals surface area contributed by atoms with Crippen LogP contribution in [-0.2, 0) is 11.1 Å². The predicted molar refractivity (Wildman–Crippen MR) is 52.1 cm³/mol. The van der Waals surface area contributed by atoms with Gasteiger partial charge in [0.15, 0.2) is 0 Å². The molecule has 0 aromatic rings. The van der Waals surface area contributed by atoms with Crippen molar-refractivity contribution in [2.75, 3.05) is 32.1 Å². The molecular weight excluding hydrogens is 188 g/mol. The molecule has 0 radical (unpaired) electrons. The van der Waals surface area contributed by atoms with Gasteiger partial charge in [-0.05, 0) is 24.9 Å². The van der Waals surface area contributed by atoms with Crippen LogP contribution in [0.3, 0.4) is 0 Å². The first kappa shape index (κ1) is 11.1. The average molecular weight is 205 g/mol. The third-order valence-electron chi connectivity index (χ3n) is 2.43. The molecule has 1 fully saturated rings. The highest BCUT2D eigenvalue weighted by Crippen LogP contribution is 2.05. The summed E-state index contributed by atoms with van der Waals surface area (Å²) in [4.78, 5) is 4.34. The van der Waals surface area contributed by atoms with Crippen molar-refractivity contribution in [3.63, 3.8) is 0 Å². The van der Waals surface area contributed by atoms with Gasteiger partial charge in [-0.2, -0.15) is 0 Å². The molecule has 1 heterocycles. The molecule has 0 N–H and O–H groups in total. The Morgan fingerprint density at radius 1 is 1.31 bits per heavy atom. The van der Waals surface area contributed by atoms with Crippen LogP contribution in [0.2, 0.25) is 0 Å². The highest BCUT2D eigenvalue weighted by atomic mass is 32.2. The van der Waals surface area contributed by atoms with Gasteiger partial charge < -0.3 is 4.55 Å². The van der Waals surface area contributed by atoms with Crippen LogP contribution in [0, 0.1) is 0 Å². The fourth-order valence-corrected chi connectivity index (χ4v) is 2.11. The van der Waals surface area contributed by atoms with Crippen LogP contribution in [0.4, 0.5) is 0 Å². The van der Waals surface area contributed by atoms with Crippen molar-refractivity contribution in [2.24, 2.45) is 0 Å². The molecule has 13 heavy (non-hydrogen) atoms. The SMILES string of the molecule is CC(C)N1CCN(CS(=O)[O-])CC1. The molecule has 1 unspecified atom stereocenters. The van der Waals surface area contributed by atoms with E-state index in [0.717, 1.165) is 26.2 Å². The van der Waals surface area contributed by atoms with E-state index in [0.29, 0.717) is 6.04 Å². The van der Waals surface area contributed by atoms with Crippen molar-refractivity contribution in [1.82, 2.24) is 9.80 Å². The van der Waals surface area contributed by atoms with Gasteiger partial charge in [-0.15, -0.1) is 0 Å². The second-order valence-electron chi connectivity index (χ2n) is 3.68. The van der Waals surface area contributed by atoms with Crippen LogP contribution >= 0.6 is 0 Å². The molecule has 0 saturated carbocycles. The molecule has 0 spiro atoms. The van der Waals surface area contributed by atoms with Crippen LogP contribution in [0.5, 0.6) is 0 Å². The average Bonchev–Trinajstić information content (AvgIpc) is 2.04. The lowest BCUT2D eigenvalue weighted by Crippen LogP contribution is -2.49. The molecule has 0 bridgehead atoms. The monoisotopic (exact) mass is 205 g/mol. The molecule has 1 rings (SSSR count). The van der Waals surface area contributed by atoms with Crippen molar-refractivity contribution in [3.8, 4) is 0 Å². The summed E-state index contributed by atoms with van der Waals surface area (Å²) >= 11 is -1.93. The number of nitrogens with zero attached hydrogens (tertiary/aromatic N) is 2. The molecule has 4 nitrogen and oxygen atoms in total. The maximum atomic E-state index is 10.4. The lowest BCUT2D eigenvalue weighted by molar-refractivity contribution is 0.120. The lowest BCUT2D eigenvalue weighted by Gasteiger charge is -2.37. The van der Waals surface area contributed by atoms with E-state index in [2.05, 4.69) is 18.7 Å². The Balaban J connectivity index is 2.26. The minimum Gasteiger partial charge on any atom is -0.771 e. The van der Waals surface area contributed by atoms with Crippen LogP contribution in [0.25, 0.3) is 0 Å². The Morgan fingerprint density at radius 2 is 1.85 bits per heavy atom. The van der Waals surface area contributed by atoms with Gasteiger partial charge in [0.1, 0.15) is 0 Å². The Kier molecular flexibility index (Phi) is 4.31. The minimum absolute atomic E-state index is 0.186. The van der Waals surface area contributed by atoms with E-state index in [1.54, 1.807) is 0 Å². The van der Waals surface area contributed by atoms with Crippen LogP contribution < -0.4 is 0 Å². The zero-order valence-electron chi connectivity index (χ0n) is 8.23. The summed E-state index contributed by atoms with van der Waals surface area (Å²) in [5, 5.41) is 0. The van der Waals surface area contributed by atoms with Gasteiger partial charge in [-0.3, -0.25) is 14.0 Å². The molecule has 0 aromatic carbocycles. The van der Waals surface area contributed by atoms with Crippen molar-refractivity contribution in [3.05, 3.63) is 0 Å². The Labute approximate surface area is 82.2 Å². The van der Waals surface area contributed by atoms with E-state index in [1.807, 2.05) is 4.90 Å². The van der Waals surface area contributed by atoms with Gasteiger partial charge in [0, 0.05) is 32.2 Å². The van der Waals surface area contributed by atoms with Crippen LogP contribution in [0.1, 0.15) is 13.8 Å². The molecule has 1 saturated heterocycles. The zero-order chi connectivity index (χ0) is 9.84. The summed E-state index contributed by atoms with van der Waals surface area (Å²) in [5.41, 5.74) is 0. The Morgan fingerprint density at radius 3 is 2.23 bits per heavy atom. The fraction of sp³-hybridized carbons (Fsp3) is 1.00. The van der Waals surface area contributed by atoms with Crippen molar-refractivity contribution < 1.29 is 8.76 Å². The highest BCUT2D eigenvalue weighted by Gasteiger charge is 2.17. The molecule has 0 aliphatic carbocycles. The van der Waals surface area contributed by atoms with Crippen molar-refractivity contribution >= 4 is 11.1 Å². The van der Waals surface area contributed by atoms with Gasteiger partial charge in [0.25, 0.3) is 0 Å². The fourth-order valence-electron chi connectivity index (χ4n) is 1.56. The van der Waals surface area contributed by atoms with Gasteiger partial charge in [-0.25, -0.2) is 0 Å². The molecule has 5 heteroatoms. The second-order valence-corrected chi connectivity index (χ2v) is 4.55. The van der Waals surface area contributed by atoms with Gasteiger partial charge in [0.05, 0.1) is 5.88 Å². The summed E-state index contributed by atoms with van der Waals surface area (Å²) in [6, 6.07) is 0.569. The number of hydrogen-bond acceptors (Lipinski definition) is 4. The first-order chi connectivity index (χ1) is 6.09. The van der Waals surface area contributed by atoms with Gasteiger partial charge in [0.2, 0.25) is 0 Å². The molecule has 78 valence electrons. The van der Waals surface area contributed by atoms with E-state index in [1.165, 1.54) is 0 Å². The minimum atomic E-state index is -1.93. The Bertz CT molecular complexity index is 179. The van der Waals surface area contributed by atoms with Gasteiger partial charge >= 0.3 is 0 Å². The normalized spacial score (nSPS) is 23.7. The molecule has 1 atom stereocenters. The quantitative estimate of drug-likeness (QED) is 0.601. The van der Waals surface area contributed by atoms with E-state index in [9.17, 15) is 8.76 Å². The lowest BCUT2D eigenvalue weighted by atomic mass is 10.2. The molecule has 0 amide bonds. The summed E-state index contributed by atoms with van der Waals surface area (Å²) < 4.78 is 20.9. The zero-order valence-corrected chi connectivity index (χ0v) is 9.05. The van der Waals surface area contributed by atoms with Gasteiger partial charge in [-0.1, -0.05) is 0 Å². The number of hydrogen-bond donors (Lipinski definition) is 0. The predicted octanol–water partition coefficient (Wildman–Crippen LogP) is -0.151. The summed E-state index contributed by atoms with van der Waals surface area (Å²) in [7, 11) is 0. The summed E-state index contributed by atoms with van der Waals surface area (Å²) in [5.74, 6) is 0.186. The smallest absolute Gasteiger partial charge is 0.0614 e. The Hall–Kier alpha value is 0.0300. The third-order valence-corrected chi connectivity index (χ3v) is 3.00. The first-order valence-electron chi connectivity index (χ1n) is 4.62. The van der Waals surface area contributed by atoms with Crippen LogP contribution in [-0.4, -0.2) is 56.7 Å². The maximum absolute atomic E-state index is 10.4. The standard InChI is InChI=1S/C8H18N2O2S/c1-8(2)10-5-3-9(4-6-10)7-13(11)12/h8H,3-7H2,1-2H3,(H,11,12)/p-1. The molecule has 1 aliphatic rings. The summed E-state index contributed by atoms with van der Waals surface area (Å²) in [6.45, 7) is 8.03. The number of piperazine rings is 1. The van der Waals surface area contributed by atoms with Crippen LogP contribution in [0.15, 0.2) is 0 Å². The maximum Gasteiger partial charge on any atom is 0.0614 e. The second kappa shape index (κ2) is 5.05. The van der Waals surface area contributed by atoms with Crippen molar-refractivity contribution in [2.45, 2.75) is 19.9 Å². The van der Waals surface area contributed by atoms with E-state index in [4.69, 9.17) is 0 Å². The van der Waals surface area contributed by atoms with E-state index in [-0.39, 0.29) is 5.88 Å². The number of rotatable bonds is 3. The van der Waals surface area contributed by atoms with E-state index < -0.39 is 11.1 Å². The van der Waals surface area contributed by atoms with Crippen molar-refractivity contribution in [1.29, 1.82) is 0 Å². The molecular formula is C8H17N2O2S-. The summed E-state index contributed by atoms with van der Waals surface area (Å²) in [6.07, 6.45) is 0. The molecule has 0 aromatic heterocycles. The van der Waals surface area contributed by atoms with E-state index >= 15 is 0 Å². The largest absolute Gasteiger partial charge is 0.771 e. The first-order valence-corrected chi connectivity index (χ1v) is 5.86. The molecule has 1 aliphatic heterocycles. The highest BCUT2D eigenvalue weighted by molar-refractivity contribution is 7.79.